The molecule has 1 saturated heterocycles. The maximum Gasteiger partial charge on any atom is 0.253 e. The molecule has 0 aromatic heterocycles. The largest absolute Gasteiger partial charge is 0.338 e. The number of carbonyl (C=O) groups excluding carboxylic acids is 2. The third kappa shape index (κ3) is 3.49. The van der Waals surface area contributed by atoms with Crippen LogP contribution in [0.1, 0.15) is 28.8 Å². The minimum absolute atomic E-state index is 0.145. The van der Waals surface area contributed by atoms with Crippen LogP contribution in [0.25, 0.3) is 0 Å². The van der Waals surface area contributed by atoms with Gasteiger partial charge in [0.25, 0.3) is 5.91 Å². The van der Waals surface area contributed by atoms with Gasteiger partial charge < -0.3 is 9.80 Å². The zero-order chi connectivity index (χ0) is 19.8. The van der Waals surface area contributed by atoms with Crippen molar-refractivity contribution < 1.29 is 18.4 Å². The van der Waals surface area contributed by atoms with Gasteiger partial charge >= 0.3 is 0 Å². The van der Waals surface area contributed by atoms with Crippen LogP contribution in [0.15, 0.2) is 36.4 Å². The van der Waals surface area contributed by atoms with Crippen LogP contribution in [0, 0.1) is 17.6 Å². The monoisotopic (exact) mass is 404 g/mol. The molecular formula is C21H19ClF2N2O2. The Hall–Kier alpha value is -2.47. The first-order valence-electron chi connectivity index (χ1n) is 9.28. The average Bonchev–Trinajstić information content (AvgIpc) is 3.11. The summed E-state index contributed by atoms with van der Waals surface area (Å²) in [6, 6.07) is 8.71. The molecule has 146 valence electrons. The highest BCUT2D eigenvalue weighted by atomic mass is 35.5. The molecule has 0 bridgehead atoms. The fraction of sp³-hybridized carbons (Fsp3) is 0.333. The molecule has 1 atom stereocenters. The molecule has 0 saturated carbocycles. The molecule has 0 N–H and O–H groups in total. The van der Waals surface area contributed by atoms with Crippen LogP contribution in [0.4, 0.5) is 14.5 Å². The minimum Gasteiger partial charge on any atom is -0.338 e. The maximum absolute atomic E-state index is 14.0. The number of carbonyl (C=O) groups is 2. The fourth-order valence-electron chi connectivity index (χ4n) is 4.01. The van der Waals surface area contributed by atoms with Gasteiger partial charge in [-0.25, -0.2) is 8.78 Å². The summed E-state index contributed by atoms with van der Waals surface area (Å²) in [7, 11) is 0. The van der Waals surface area contributed by atoms with Crippen LogP contribution in [0.2, 0.25) is 5.02 Å². The predicted molar refractivity (Wildman–Crippen MR) is 102 cm³/mol. The fourth-order valence-corrected chi connectivity index (χ4v) is 4.14. The van der Waals surface area contributed by atoms with E-state index in [1.165, 1.54) is 11.0 Å². The number of rotatable bonds is 2. The molecule has 4 nitrogen and oxygen atoms in total. The number of hydrogen-bond donors (Lipinski definition) is 0. The van der Waals surface area contributed by atoms with Gasteiger partial charge in [-0.3, -0.25) is 9.59 Å². The number of halogens is 3. The second-order valence-electron chi connectivity index (χ2n) is 7.22. The van der Waals surface area contributed by atoms with E-state index in [-0.39, 0.29) is 17.7 Å². The number of benzene rings is 2. The van der Waals surface area contributed by atoms with Crippen molar-refractivity contribution in [3.05, 3.63) is 64.2 Å². The van der Waals surface area contributed by atoms with Crippen molar-refractivity contribution >= 4 is 29.1 Å². The first-order valence-corrected chi connectivity index (χ1v) is 9.66. The second-order valence-corrected chi connectivity index (χ2v) is 7.66. The molecule has 28 heavy (non-hydrogen) atoms. The third-order valence-corrected chi connectivity index (χ3v) is 5.68. The summed E-state index contributed by atoms with van der Waals surface area (Å²) < 4.78 is 27.6. The van der Waals surface area contributed by atoms with E-state index in [0.29, 0.717) is 60.7 Å². The highest BCUT2D eigenvalue weighted by molar-refractivity contribution is 6.30. The lowest BCUT2D eigenvalue weighted by Gasteiger charge is -2.34. The molecule has 1 fully saturated rings. The number of likely N-dealkylation sites (tertiary alicyclic amines) is 1. The summed E-state index contributed by atoms with van der Waals surface area (Å²) in [6.07, 6.45) is 1.72. The zero-order valence-corrected chi connectivity index (χ0v) is 15.9. The van der Waals surface area contributed by atoms with Crippen LogP contribution in [0.3, 0.4) is 0 Å². The summed E-state index contributed by atoms with van der Waals surface area (Å²) in [5.74, 6) is -2.03. The molecule has 7 heteroatoms. The van der Waals surface area contributed by atoms with Crippen molar-refractivity contribution in [2.45, 2.75) is 19.3 Å². The zero-order valence-electron chi connectivity index (χ0n) is 15.1. The number of fused-ring (bicyclic) bond motifs is 1. The molecule has 0 spiro atoms. The van der Waals surface area contributed by atoms with Crippen LogP contribution in [0.5, 0.6) is 0 Å². The molecule has 0 radical (unpaired) electrons. The van der Waals surface area contributed by atoms with Gasteiger partial charge in [0.05, 0.1) is 11.6 Å². The van der Waals surface area contributed by atoms with E-state index in [1.807, 2.05) is 0 Å². The van der Waals surface area contributed by atoms with Gasteiger partial charge in [0.1, 0.15) is 11.6 Å². The molecule has 1 unspecified atom stereocenters. The van der Waals surface area contributed by atoms with Crippen molar-refractivity contribution in [2.24, 2.45) is 5.92 Å². The van der Waals surface area contributed by atoms with Crippen molar-refractivity contribution in [2.75, 3.05) is 24.5 Å². The molecule has 2 aromatic rings. The van der Waals surface area contributed by atoms with Gasteiger partial charge in [-0.05, 0) is 49.6 Å². The van der Waals surface area contributed by atoms with Crippen molar-refractivity contribution in [1.82, 2.24) is 4.90 Å². The lowest BCUT2D eigenvalue weighted by molar-refractivity contribution is -0.123. The Morgan fingerprint density at radius 3 is 2.57 bits per heavy atom. The van der Waals surface area contributed by atoms with Crippen LogP contribution >= 0.6 is 11.6 Å². The van der Waals surface area contributed by atoms with Gasteiger partial charge in [0.15, 0.2) is 0 Å². The van der Waals surface area contributed by atoms with Gasteiger partial charge in [0.2, 0.25) is 5.91 Å². The number of amides is 2. The summed E-state index contributed by atoms with van der Waals surface area (Å²) in [6.45, 7) is 1.20. The standard InChI is InChI=1S/C21H19ClF2N2O2/c22-15-5-3-13(4-6-15)20(27)25-8-1-2-14(12-25)21(28)26-9-7-17-18(24)10-16(23)11-19(17)26/h3-6,10-11,14H,1-2,7-9,12H2. The van der Waals surface area contributed by atoms with Gasteiger partial charge in [0, 0.05) is 41.9 Å². The maximum atomic E-state index is 14.0. The topological polar surface area (TPSA) is 40.6 Å². The smallest absolute Gasteiger partial charge is 0.253 e. The van der Waals surface area contributed by atoms with Crippen LogP contribution in [-0.4, -0.2) is 36.3 Å². The Kier molecular flexibility index (Phi) is 5.06. The van der Waals surface area contributed by atoms with E-state index in [0.717, 1.165) is 6.07 Å². The average molecular weight is 405 g/mol. The summed E-state index contributed by atoms with van der Waals surface area (Å²) in [5.41, 5.74) is 1.21. The van der Waals surface area contributed by atoms with Crippen molar-refractivity contribution in [3.63, 3.8) is 0 Å². The van der Waals surface area contributed by atoms with Crippen molar-refractivity contribution in [3.8, 4) is 0 Å². The normalized spacial score (nSPS) is 18.9. The number of piperidine rings is 1. The highest BCUT2D eigenvalue weighted by Gasteiger charge is 2.35. The highest BCUT2D eigenvalue weighted by Crippen LogP contribution is 2.33. The van der Waals surface area contributed by atoms with E-state index in [9.17, 15) is 18.4 Å². The summed E-state index contributed by atoms with van der Waals surface area (Å²) in [4.78, 5) is 28.9. The van der Waals surface area contributed by atoms with E-state index in [2.05, 4.69) is 0 Å². The Bertz CT molecular complexity index is 933. The molecule has 2 aliphatic rings. The molecule has 2 heterocycles. The number of hydrogen-bond acceptors (Lipinski definition) is 2. The van der Waals surface area contributed by atoms with E-state index in [4.69, 9.17) is 11.6 Å². The van der Waals surface area contributed by atoms with Gasteiger partial charge in [-0.1, -0.05) is 11.6 Å². The van der Waals surface area contributed by atoms with E-state index in [1.54, 1.807) is 29.2 Å². The Labute approximate surface area is 166 Å². The molecule has 2 aromatic carbocycles. The lowest BCUT2D eigenvalue weighted by Crippen LogP contribution is -2.46. The van der Waals surface area contributed by atoms with E-state index < -0.39 is 11.6 Å². The summed E-state index contributed by atoms with van der Waals surface area (Å²) in [5, 5.41) is 0.551. The third-order valence-electron chi connectivity index (χ3n) is 5.43. The number of anilines is 1. The van der Waals surface area contributed by atoms with E-state index >= 15 is 0 Å². The van der Waals surface area contributed by atoms with Crippen molar-refractivity contribution in [1.29, 1.82) is 0 Å². The van der Waals surface area contributed by atoms with Gasteiger partial charge in [-0.2, -0.15) is 0 Å². The quantitative estimate of drug-likeness (QED) is 0.757. The predicted octanol–water partition coefficient (Wildman–Crippen LogP) is 4.06. The molecule has 2 amide bonds. The lowest BCUT2D eigenvalue weighted by atomic mass is 9.95. The van der Waals surface area contributed by atoms with Crippen LogP contribution < -0.4 is 4.90 Å². The first-order chi connectivity index (χ1) is 13.4. The second kappa shape index (κ2) is 7.51. The Balaban J connectivity index is 1.51. The van der Waals surface area contributed by atoms with Gasteiger partial charge in [-0.15, -0.1) is 0 Å². The molecule has 0 aliphatic carbocycles. The summed E-state index contributed by atoms with van der Waals surface area (Å²) >= 11 is 5.87. The first kappa shape index (κ1) is 18.9. The minimum atomic E-state index is -0.695. The Morgan fingerprint density at radius 1 is 1.07 bits per heavy atom. The number of nitrogens with zero attached hydrogens (tertiary/aromatic N) is 2. The molecular weight excluding hydrogens is 386 g/mol. The van der Waals surface area contributed by atoms with Crippen LogP contribution in [-0.2, 0) is 11.2 Å². The molecule has 4 rings (SSSR count). The Morgan fingerprint density at radius 2 is 1.82 bits per heavy atom. The SMILES string of the molecule is O=C(c1ccc(Cl)cc1)N1CCCC(C(=O)N2CCc3c(F)cc(F)cc32)C1. The molecule has 2 aliphatic heterocycles.